The summed E-state index contributed by atoms with van der Waals surface area (Å²) in [6.45, 7) is 0. The van der Waals surface area contributed by atoms with Crippen LogP contribution in [0.5, 0.6) is 0 Å². The molecule has 0 N–H and O–H groups in total. The van der Waals surface area contributed by atoms with Crippen LogP contribution in [0.3, 0.4) is 0 Å². The summed E-state index contributed by atoms with van der Waals surface area (Å²) >= 11 is 0. The molecule has 0 spiro atoms. The summed E-state index contributed by atoms with van der Waals surface area (Å²) in [6, 6.07) is 6.09. The van der Waals surface area contributed by atoms with Crippen molar-refractivity contribution in [3.05, 3.63) is 47.0 Å². The lowest BCUT2D eigenvalue weighted by Crippen LogP contribution is -2.07. The molecule has 1 aromatic rings. The van der Waals surface area contributed by atoms with Crippen LogP contribution in [-0.4, -0.2) is 5.78 Å². The third-order valence-corrected chi connectivity index (χ3v) is 3.04. The van der Waals surface area contributed by atoms with E-state index in [0.29, 0.717) is 5.92 Å². The van der Waals surface area contributed by atoms with Gasteiger partial charge in [0.25, 0.3) is 0 Å². The Morgan fingerprint density at radius 2 is 2.23 bits per heavy atom. The van der Waals surface area contributed by atoms with Crippen LogP contribution in [-0.2, 0) is 6.42 Å². The fourth-order valence-corrected chi connectivity index (χ4v) is 2.42. The maximum atomic E-state index is 11.5. The normalized spacial score (nSPS) is 23.4. The molecule has 0 heterocycles. The van der Waals surface area contributed by atoms with Gasteiger partial charge >= 0.3 is 0 Å². The van der Waals surface area contributed by atoms with E-state index in [9.17, 15) is 4.79 Å². The molecule has 0 aromatic heterocycles. The van der Waals surface area contributed by atoms with Gasteiger partial charge in [-0.25, -0.2) is 0 Å². The van der Waals surface area contributed by atoms with Gasteiger partial charge < -0.3 is 0 Å². The van der Waals surface area contributed by atoms with Crippen molar-refractivity contribution >= 4 is 5.78 Å². The summed E-state index contributed by atoms with van der Waals surface area (Å²) in [7, 11) is 0. The average Bonchev–Trinajstić information content (AvgIpc) is 2.57. The van der Waals surface area contributed by atoms with Crippen molar-refractivity contribution in [2.75, 3.05) is 0 Å². The van der Waals surface area contributed by atoms with Crippen LogP contribution in [0.2, 0.25) is 0 Å². The first kappa shape index (κ1) is 7.07. The Bertz CT molecular complexity index is 415. The second-order valence-electron chi connectivity index (χ2n) is 3.75. The van der Waals surface area contributed by atoms with E-state index in [0.717, 1.165) is 12.0 Å². The van der Waals surface area contributed by atoms with Crippen molar-refractivity contribution < 1.29 is 4.79 Å². The van der Waals surface area contributed by atoms with E-state index in [2.05, 4.69) is 12.1 Å². The first-order chi connectivity index (χ1) is 6.36. The Labute approximate surface area is 77.1 Å². The van der Waals surface area contributed by atoms with Crippen LogP contribution in [0.15, 0.2) is 30.4 Å². The summed E-state index contributed by atoms with van der Waals surface area (Å²) in [5, 5.41) is 0. The van der Waals surface area contributed by atoms with Gasteiger partial charge in [-0.3, -0.25) is 4.79 Å². The smallest absolute Gasteiger partial charge is 0.185 e. The number of aryl methyl sites for hydroxylation is 1. The van der Waals surface area contributed by atoms with Gasteiger partial charge in [0.05, 0.1) is 0 Å². The Morgan fingerprint density at radius 1 is 1.31 bits per heavy atom. The van der Waals surface area contributed by atoms with Gasteiger partial charge in [-0.2, -0.15) is 0 Å². The van der Waals surface area contributed by atoms with Crippen LogP contribution in [0.1, 0.15) is 33.8 Å². The molecule has 1 atom stereocenters. The van der Waals surface area contributed by atoms with Crippen molar-refractivity contribution in [1.82, 2.24) is 0 Å². The van der Waals surface area contributed by atoms with Crippen LogP contribution in [0, 0.1) is 0 Å². The second-order valence-corrected chi connectivity index (χ2v) is 3.75. The molecule has 0 saturated heterocycles. The molecule has 0 saturated carbocycles. The maximum Gasteiger partial charge on any atom is 0.185 e. The van der Waals surface area contributed by atoms with Gasteiger partial charge in [-0.1, -0.05) is 24.3 Å². The molecule has 1 nitrogen and oxygen atoms in total. The minimum Gasteiger partial charge on any atom is -0.289 e. The van der Waals surface area contributed by atoms with Gasteiger partial charge in [-0.05, 0) is 30.0 Å². The highest BCUT2D eigenvalue weighted by Gasteiger charge is 2.27. The Balaban J connectivity index is 2.33. The summed E-state index contributed by atoms with van der Waals surface area (Å²) in [4.78, 5) is 11.5. The SMILES string of the molecule is O=C1C=CC2CCc3cccc1c32. The van der Waals surface area contributed by atoms with E-state index in [1.807, 2.05) is 12.1 Å². The Kier molecular flexibility index (Phi) is 1.26. The van der Waals surface area contributed by atoms with E-state index < -0.39 is 0 Å². The number of hydrogen-bond donors (Lipinski definition) is 0. The highest BCUT2D eigenvalue weighted by Crippen LogP contribution is 2.38. The average molecular weight is 170 g/mol. The maximum absolute atomic E-state index is 11.5. The van der Waals surface area contributed by atoms with E-state index in [1.54, 1.807) is 6.08 Å². The predicted molar refractivity (Wildman–Crippen MR) is 51.0 cm³/mol. The number of ketones is 1. The molecular weight excluding hydrogens is 160 g/mol. The standard InChI is InChI=1S/C12H10O/c13-11-7-6-9-5-4-8-2-1-3-10(11)12(8)9/h1-3,6-7,9H,4-5H2. The molecule has 1 heteroatoms. The molecular formula is C12H10O. The number of benzene rings is 1. The second kappa shape index (κ2) is 2.32. The highest BCUT2D eigenvalue weighted by molar-refractivity contribution is 6.07. The first-order valence-electron chi connectivity index (χ1n) is 4.70. The largest absolute Gasteiger partial charge is 0.289 e. The van der Waals surface area contributed by atoms with Crippen LogP contribution in [0.4, 0.5) is 0 Å². The molecule has 1 unspecified atom stereocenters. The fraction of sp³-hybridized carbons (Fsp3) is 0.250. The molecule has 1 aromatic carbocycles. The Morgan fingerprint density at radius 3 is 3.15 bits per heavy atom. The zero-order chi connectivity index (χ0) is 8.84. The predicted octanol–water partition coefficient (Wildman–Crippen LogP) is 2.47. The summed E-state index contributed by atoms with van der Waals surface area (Å²) in [5.74, 6) is 0.693. The van der Waals surface area contributed by atoms with Crippen molar-refractivity contribution in [3.8, 4) is 0 Å². The van der Waals surface area contributed by atoms with Gasteiger partial charge in [0.1, 0.15) is 0 Å². The number of rotatable bonds is 0. The van der Waals surface area contributed by atoms with Crippen LogP contribution in [0.25, 0.3) is 0 Å². The fourth-order valence-electron chi connectivity index (χ4n) is 2.42. The molecule has 64 valence electrons. The lowest BCUT2D eigenvalue weighted by Gasteiger charge is -2.14. The first-order valence-corrected chi connectivity index (χ1v) is 4.70. The lowest BCUT2D eigenvalue weighted by molar-refractivity contribution is 0.104. The molecule has 2 aliphatic rings. The van der Waals surface area contributed by atoms with Gasteiger partial charge in [0, 0.05) is 11.5 Å². The third kappa shape index (κ3) is 0.844. The molecule has 3 rings (SSSR count). The zero-order valence-corrected chi connectivity index (χ0v) is 7.29. The minimum absolute atomic E-state index is 0.176. The van der Waals surface area contributed by atoms with Crippen LogP contribution < -0.4 is 0 Å². The minimum atomic E-state index is 0.176. The molecule has 0 fully saturated rings. The van der Waals surface area contributed by atoms with Gasteiger partial charge in [-0.15, -0.1) is 0 Å². The number of allylic oxidation sites excluding steroid dienone is 2. The monoisotopic (exact) mass is 170 g/mol. The van der Waals surface area contributed by atoms with Gasteiger partial charge in [0.15, 0.2) is 5.78 Å². The van der Waals surface area contributed by atoms with E-state index >= 15 is 0 Å². The number of carbonyl (C=O) groups is 1. The number of carbonyl (C=O) groups excluding carboxylic acids is 1. The lowest BCUT2D eigenvalue weighted by atomic mass is 9.89. The third-order valence-electron chi connectivity index (χ3n) is 3.04. The molecule has 0 aliphatic heterocycles. The summed E-state index contributed by atoms with van der Waals surface area (Å²) < 4.78 is 0. The molecule has 13 heavy (non-hydrogen) atoms. The van der Waals surface area contributed by atoms with Gasteiger partial charge in [0.2, 0.25) is 0 Å². The quantitative estimate of drug-likeness (QED) is 0.584. The molecule has 0 amide bonds. The highest BCUT2D eigenvalue weighted by atomic mass is 16.1. The van der Waals surface area contributed by atoms with Crippen molar-refractivity contribution in [2.45, 2.75) is 18.8 Å². The van der Waals surface area contributed by atoms with Crippen molar-refractivity contribution in [1.29, 1.82) is 0 Å². The zero-order valence-electron chi connectivity index (χ0n) is 7.29. The van der Waals surface area contributed by atoms with Crippen LogP contribution >= 0.6 is 0 Å². The molecule has 0 bridgehead atoms. The van der Waals surface area contributed by atoms with E-state index in [-0.39, 0.29) is 5.78 Å². The van der Waals surface area contributed by atoms with Crippen molar-refractivity contribution in [2.24, 2.45) is 0 Å². The number of hydrogen-bond acceptors (Lipinski definition) is 1. The van der Waals surface area contributed by atoms with E-state index in [1.165, 1.54) is 17.5 Å². The summed E-state index contributed by atoms with van der Waals surface area (Å²) in [5.41, 5.74) is 3.61. The molecule has 0 radical (unpaired) electrons. The topological polar surface area (TPSA) is 17.1 Å². The van der Waals surface area contributed by atoms with E-state index in [4.69, 9.17) is 0 Å². The summed E-state index contributed by atoms with van der Waals surface area (Å²) in [6.07, 6.45) is 6.09. The Hall–Kier alpha value is -1.37. The molecule has 2 aliphatic carbocycles. The van der Waals surface area contributed by atoms with Crippen molar-refractivity contribution in [3.63, 3.8) is 0 Å².